The maximum absolute atomic E-state index is 12.8. The number of methoxy groups -OCH3 is 1. The van der Waals surface area contributed by atoms with E-state index >= 15 is 0 Å². The average Bonchev–Trinajstić information content (AvgIpc) is 3.11. The first-order valence-corrected chi connectivity index (χ1v) is 8.77. The first kappa shape index (κ1) is 17.0. The number of carbonyl (C=O) groups is 1. The Balaban J connectivity index is 1.81. The number of benzene rings is 2. The number of likely N-dealkylation sites (tertiary alicyclic amines) is 1. The van der Waals surface area contributed by atoms with Gasteiger partial charge in [-0.3, -0.25) is 4.79 Å². The summed E-state index contributed by atoms with van der Waals surface area (Å²) in [5.74, 6) is 0.530. The van der Waals surface area contributed by atoms with Gasteiger partial charge in [0, 0.05) is 11.0 Å². The van der Waals surface area contributed by atoms with Crippen LogP contribution in [0.3, 0.4) is 0 Å². The van der Waals surface area contributed by atoms with Crippen LogP contribution in [0.25, 0.3) is 0 Å². The summed E-state index contributed by atoms with van der Waals surface area (Å²) in [6.07, 6.45) is 0.691. The van der Waals surface area contributed by atoms with Crippen LogP contribution in [0.15, 0.2) is 53.0 Å². The number of halogens is 1. The molecule has 126 valence electrons. The molecule has 0 saturated carbocycles. The van der Waals surface area contributed by atoms with Crippen LogP contribution in [-0.2, 0) is 4.79 Å². The summed E-state index contributed by atoms with van der Waals surface area (Å²) in [6.45, 7) is 0.661. The molecule has 5 heteroatoms. The standard InChI is InChI=1S/C19H20BrNO3/c1-24-16-5-2-4-14(12-16)17-6-3-11-21(17)19(23)18(22)13-7-9-15(20)10-8-13/h2,4-5,7-10,12,17-18,22H,3,6,11H2,1H3. The quantitative estimate of drug-likeness (QED) is 0.863. The van der Waals surface area contributed by atoms with Crippen LogP contribution in [0.2, 0.25) is 0 Å². The van der Waals surface area contributed by atoms with Gasteiger partial charge in [0.25, 0.3) is 5.91 Å². The smallest absolute Gasteiger partial charge is 0.256 e. The van der Waals surface area contributed by atoms with E-state index in [0.29, 0.717) is 12.1 Å². The lowest BCUT2D eigenvalue weighted by atomic mass is 10.0. The molecule has 2 aromatic rings. The number of nitrogens with zero attached hydrogens (tertiary/aromatic N) is 1. The lowest BCUT2D eigenvalue weighted by molar-refractivity contribution is -0.141. The number of hydrogen-bond acceptors (Lipinski definition) is 3. The maximum Gasteiger partial charge on any atom is 0.256 e. The highest BCUT2D eigenvalue weighted by atomic mass is 79.9. The van der Waals surface area contributed by atoms with Crippen LogP contribution in [0.5, 0.6) is 5.75 Å². The third kappa shape index (κ3) is 3.47. The maximum atomic E-state index is 12.8. The molecule has 2 unspecified atom stereocenters. The molecule has 24 heavy (non-hydrogen) atoms. The Bertz CT molecular complexity index is 717. The summed E-state index contributed by atoms with van der Waals surface area (Å²) < 4.78 is 6.20. The molecule has 0 radical (unpaired) electrons. The molecule has 0 aliphatic carbocycles. The Morgan fingerprint density at radius 2 is 2.04 bits per heavy atom. The van der Waals surface area contributed by atoms with Gasteiger partial charge in [0.15, 0.2) is 6.10 Å². The second kappa shape index (κ2) is 7.36. The minimum absolute atomic E-state index is 0.0160. The van der Waals surface area contributed by atoms with Crippen molar-refractivity contribution in [2.45, 2.75) is 25.0 Å². The molecule has 1 amide bonds. The Labute approximate surface area is 150 Å². The number of hydrogen-bond donors (Lipinski definition) is 1. The fourth-order valence-electron chi connectivity index (χ4n) is 3.17. The van der Waals surface area contributed by atoms with Crippen molar-refractivity contribution in [2.24, 2.45) is 0 Å². The van der Waals surface area contributed by atoms with Gasteiger partial charge >= 0.3 is 0 Å². The molecule has 1 aliphatic heterocycles. The van der Waals surface area contributed by atoms with Gasteiger partial charge in [0.05, 0.1) is 13.2 Å². The van der Waals surface area contributed by atoms with Crippen molar-refractivity contribution in [1.29, 1.82) is 0 Å². The van der Waals surface area contributed by atoms with Gasteiger partial charge in [-0.05, 0) is 48.2 Å². The second-order valence-electron chi connectivity index (χ2n) is 5.92. The van der Waals surface area contributed by atoms with E-state index in [1.807, 2.05) is 36.4 Å². The van der Waals surface area contributed by atoms with Crippen molar-refractivity contribution in [3.8, 4) is 5.75 Å². The van der Waals surface area contributed by atoms with Crippen molar-refractivity contribution >= 4 is 21.8 Å². The van der Waals surface area contributed by atoms with E-state index in [4.69, 9.17) is 4.74 Å². The molecule has 4 nitrogen and oxygen atoms in total. The third-order valence-corrected chi connectivity index (χ3v) is 4.96. The van der Waals surface area contributed by atoms with Crippen molar-refractivity contribution in [2.75, 3.05) is 13.7 Å². The molecule has 1 aliphatic rings. The monoisotopic (exact) mass is 389 g/mol. The Hall–Kier alpha value is -1.85. The highest BCUT2D eigenvalue weighted by Gasteiger charge is 2.33. The molecule has 0 bridgehead atoms. The summed E-state index contributed by atoms with van der Waals surface area (Å²) in [5.41, 5.74) is 1.66. The zero-order chi connectivity index (χ0) is 17.1. The molecule has 1 saturated heterocycles. The molecule has 2 atom stereocenters. The van der Waals surface area contributed by atoms with Gasteiger partial charge < -0.3 is 14.7 Å². The Morgan fingerprint density at radius 3 is 2.75 bits per heavy atom. The molecule has 0 aromatic heterocycles. The predicted molar refractivity (Wildman–Crippen MR) is 95.8 cm³/mol. The minimum atomic E-state index is -1.13. The van der Waals surface area contributed by atoms with Crippen molar-refractivity contribution < 1.29 is 14.6 Å². The molecular weight excluding hydrogens is 370 g/mol. The van der Waals surface area contributed by atoms with E-state index in [-0.39, 0.29) is 11.9 Å². The van der Waals surface area contributed by atoms with E-state index in [0.717, 1.165) is 28.6 Å². The van der Waals surface area contributed by atoms with Gasteiger partial charge in [0.2, 0.25) is 0 Å². The SMILES string of the molecule is COc1cccc(C2CCCN2C(=O)C(O)c2ccc(Br)cc2)c1. The van der Waals surface area contributed by atoms with Gasteiger partial charge in [-0.1, -0.05) is 40.2 Å². The van der Waals surface area contributed by atoms with Gasteiger partial charge in [-0.2, -0.15) is 0 Å². The summed E-state index contributed by atoms with van der Waals surface area (Å²) in [7, 11) is 1.63. The van der Waals surface area contributed by atoms with Crippen LogP contribution in [-0.4, -0.2) is 29.6 Å². The van der Waals surface area contributed by atoms with E-state index < -0.39 is 6.10 Å². The Kier molecular flexibility index (Phi) is 5.21. The molecule has 2 aromatic carbocycles. The lowest BCUT2D eigenvalue weighted by Crippen LogP contribution is -2.34. The summed E-state index contributed by atoms with van der Waals surface area (Å²) >= 11 is 3.36. The topological polar surface area (TPSA) is 49.8 Å². The Morgan fingerprint density at radius 1 is 1.29 bits per heavy atom. The van der Waals surface area contributed by atoms with E-state index in [1.54, 1.807) is 24.1 Å². The van der Waals surface area contributed by atoms with Crippen molar-refractivity contribution in [1.82, 2.24) is 4.90 Å². The van der Waals surface area contributed by atoms with E-state index in [1.165, 1.54) is 0 Å². The van der Waals surface area contributed by atoms with Crippen molar-refractivity contribution in [3.05, 3.63) is 64.1 Å². The third-order valence-electron chi connectivity index (χ3n) is 4.43. The first-order valence-electron chi connectivity index (χ1n) is 7.98. The average molecular weight is 390 g/mol. The molecular formula is C19H20BrNO3. The molecule has 1 fully saturated rings. The first-order chi connectivity index (χ1) is 11.6. The van der Waals surface area contributed by atoms with Crippen LogP contribution >= 0.6 is 15.9 Å². The lowest BCUT2D eigenvalue weighted by Gasteiger charge is -2.27. The predicted octanol–water partition coefficient (Wildman–Crippen LogP) is 3.85. The van der Waals surface area contributed by atoms with Crippen LogP contribution in [0.4, 0.5) is 0 Å². The zero-order valence-corrected chi connectivity index (χ0v) is 15.1. The number of ether oxygens (including phenoxy) is 1. The molecule has 1 heterocycles. The fourth-order valence-corrected chi connectivity index (χ4v) is 3.43. The minimum Gasteiger partial charge on any atom is -0.497 e. The largest absolute Gasteiger partial charge is 0.497 e. The highest BCUT2D eigenvalue weighted by Crippen LogP contribution is 2.35. The normalized spacial score (nSPS) is 18.5. The van der Waals surface area contributed by atoms with Gasteiger partial charge in [-0.25, -0.2) is 0 Å². The zero-order valence-electron chi connectivity index (χ0n) is 13.5. The van der Waals surface area contributed by atoms with Gasteiger partial charge in [-0.15, -0.1) is 0 Å². The second-order valence-corrected chi connectivity index (χ2v) is 6.84. The summed E-state index contributed by atoms with van der Waals surface area (Å²) in [6, 6.07) is 15.0. The van der Waals surface area contributed by atoms with E-state index in [9.17, 15) is 9.90 Å². The number of aliphatic hydroxyl groups is 1. The molecule has 1 N–H and O–H groups in total. The van der Waals surface area contributed by atoms with E-state index in [2.05, 4.69) is 15.9 Å². The number of rotatable bonds is 4. The van der Waals surface area contributed by atoms with Crippen LogP contribution in [0.1, 0.15) is 36.1 Å². The summed E-state index contributed by atoms with van der Waals surface area (Å²) in [5, 5.41) is 10.5. The van der Waals surface area contributed by atoms with Crippen molar-refractivity contribution in [3.63, 3.8) is 0 Å². The number of carbonyl (C=O) groups excluding carboxylic acids is 1. The molecule has 0 spiro atoms. The summed E-state index contributed by atoms with van der Waals surface area (Å²) in [4.78, 5) is 14.6. The number of amides is 1. The fraction of sp³-hybridized carbons (Fsp3) is 0.316. The number of aliphatic hydroxyl groups excluding tert-OH is 1. The van der Waals surface area contributed by atoms with Gasteiger partial charge in [0.1, 0.15) is 5.75 Å². The van der Waals surface area contributed by atoms with Crippen LogP contribution < -0.4 is 4.74 Å². The van der Waals surface area contributed by atoms with Crippen LogP contribution in [0, 0.1) is 0 Å². The molecule has 3 rings (SSSR count). The highest BCUT2D eigenvalue weighted by molar-refractivity contribution is 9.10.